The van der Waals surface area contributed by atoms with E-state index in [0.29, 0.717) is 11.8 Å². The number of carbonyl (C=O) groups excluding carboxylic acids is 1. The van der Waals surface area contributed by atoms with Crippen molar-refractivity contribution in [1.82, 2.24) is 14.8 Å². The van der Waals surface area contributed by atoms with Crippen LogP contribution in [0.3, 0.4) is 0 Å². The molecule has 4 rings (SSSR count). The van der Waals surface area contributed by atoms with Crippen molar-refractivity contribution < 1.29 is 4.79 Å². The molecule has 1 aliphatic heterocycles. The van der Waals surface area contributed by atoms with Gasteiger partial charge in [0, 0.05) is 49.6 Å². The van der Waals surface area contributed by atoms with Crippen LogP contribution in [0.1, 0.15) is 31.4 Å². The lowest BCUT2D eigenvalue weighted by atomic mass is 10.1. The highest BCUT2D eigenvalue weighted by atomic mass is 32.1. The molecule has 2 aliphatic rings. The minimum absolute atomic E-state index is 0.304. The molecule has 132 valence electrons. The van der Waals surface area contributed by atoms with Crippen LogP contribution in [0.4, 0.5) is 0 Å². The molecule has 1 aromatic heterocycles. The maximum atomic E-state index is 12.5. The van der Waals surface area contributed by atoms with E-state index in [-0.39, 0.29) is 0 Å². The highest BCUT2D eigenvalue weighted by molar-refractivity contribution is 7.13. The molecular formula is C20H25N3OS. The van der Waals surface area contributed by atoms with Crippen molar-refractivity contribution >= 4 is 17.2 Å². The van der Waals surface area contributed by atoms with Gasteiger partial charge in [0.2, 0.25) is 5.91 Å². The number of rotatable bonds is 4. The van der Waals surface area contributed by atoms with Gasteiger partial charge < -0.3 is 4.90 Å². The van der Waals surface area contributed by atoms with Gasteiger partial charge in [0.25, 0.3) is 0 Å². The van der Waals surface area contributed by atoms with Gasteiger partial charge in [-0.3, -0.25) is 9.69 Å². The summed E-state index contributed by atoms with van der Waals surface area (Å²) in [6.07, 6.45) is 4.65. The van der Waals surface area contributed by atoms with Crippen LogP contribution in [0.5, 0.6) is 0 Å². The van der Waals surface area contributed by atoms with Crippen LogP contribution in [-0.2, 0) is 11.3 Å². The van der Waals surface area contributed by atoms with Gasteiger partial charge in [-0.15, -0.1) is 11.3 Å². The van der Waals surface area contributed by atoms with Gasteiger partial charge in [0.05, 0.1) is 5.69 Å². The van der Waals surface area contributed by atoms with Crippen LogP contribution in [-0.4, -0.2) is 46.9 Å². The summed E-state index contributed by atoms with van der Waals surface area (Å²) < 4.78 is 0. The number of carbonyl (C=O) groups is 1. The first-order chi connectivity index (χ1) is 12.3. The van der Waals surface area contributed by atoms with E-state index in [1.54, 1.807) is 11.3 Å². The number of aromatic nitrogens is 1. The predicted molar refractivity (Wildman–Crippen MR) is 101 cm³/mol. The lowest BCUT2D eigenvalue weighted by molar-refractivity contribution is -0.137. The molecule has 0 radical (unpaired) electrons. The van der Waals surface area contributed by atoms with Gasteiger partial charge in [-0.05, 0) is 12.8 Å². The topological polar surface area (TPSA) is 36.4 Å². The van der Waals surface area contributed by atoms with Crippen LogP contribution in [0.15, 0.2) is 35.7 Å². The number of thiazole rings is 1. The first kappa shape index (κ1) is 16.7. The molecule has 4 nitrogen and oxygen atoms in total. The lowest BCUT2D eigenvalue weighted by Crippen LogP contribution is -2.49. The van der Waals surface area contributed by atoms with E-state index in [9.17, 15) is 4.79 Å². The zero-order valence-corrected chi connectivity index (χ0v) is 15.4. The minimum Gasteiger partial charge on any atom is -0.340 e. The molecule has 1 aliphatic carbocycles. The summed E-state index contributed by atoms with van der Waals surface area (Å²) in [5, 5.41) is 3.25. The molecule has 0 spiro atoms. The largest absolute Gasteiger partial charge is 0.340 e. The molecule has 2 heterocycles. The fourth-order valence-corrected chi connectivity index (χ4v) is 4.70. The average molecular weight is 356 g/mol. The van der Waals surface area contributed by atoms with Gasteiger partial charge in [-0.1, -0.05) is 43.2 Å². The second-order valence-electron chi connectivity index (χ2n) is 7.09. The smallest absolute Gasteiger partial charge is 0.225 e. The van der Waals surface area contributed by atoms with E-state index in [2.05, 4.69) is 39.4 Å². The molecule has 0 bridgehead atoms. The molecular weight excluding hydrogens is 330 g/mol. The SMILES string of the molecule is O=C(C1CCCC1)N1CCN(Cc2csc(-c3ccccc3)n2)CC1. The van der Waals surface area contributed by atoms with Gasteiger partial charge in [0.1, 0.15) is 5.01 Å². The Morgan fingerprint density at radius 3 is 2.52 bits per heavy atom. The molecule has 1 amide bonds. The lowest BCUT2D eigenvalue weighted by Gasteiger charge is -2.35. The number of hydrogen-bond acceptors (Lipinski definition) is 4. The Hall–Kier alpha value is -1.72. The number of hydrogen-bond donors (Lipinski definition) is 0. The number of benzene rings is 1. The van der Waals surface area contributed by atoms with Crippen molar-refractivity contribution in [2.24, 2.45) is 5.92 Å². The molecule has 0 atom stereocenters. The second kappa shape index (κ2) is 7.67. The van der Waals surface area contributed by atoms with Crippen LogP contribution >= 0.6 is 11.3 Å². The minimum atomic E-state index is 0.304. The first-order valence-corrected chi connectivity index (χ1v) is 10.2. The second-order valence-corrected chi connectivity index (χ2v) is 7.95. The molecule has 0 N–H and O–H groups in total. The van der Waals surface area contributed by atoms with E-state index in [1.807, 2.05) is 6.07 Å². The average Bonchev–Trinajstić information content (AvgIpc) is 3.35. The summed E-state index contributed by atoms with van der Waals surface area (Å²) in [6.45, 7) is 4.53. The molecule has 0 unspecified atom stereocenters. The molecule has 1 saturated carbocycles. The van der Waals surface area contributed by atoms with E-state index >= 15 is 0 Å². The standard InChI is InChI=1S/C20H25N3OS/c24-20(17-8-4-5-9-17)23-12-10-22(11-13-23)14-18-15-25-19(21-18)16-6-2-1-3-7-16/h1-3,6-7,15,17H,4-5,8-14H2. The van der Waals surface area contributed by atoms with Gasteiger partial charge in [-0.25, -0.2) is 4.98 Å². The Morgan fingerprint density at radius 2 is 1.80 bits per heavy atom. The van der Waals surface area contributed by atoms with Gasteiger partial charge in [-0.2, -0.15) is 0 Å². The fraction of sp³-hybridized carbons (Fsp3) is 0.500. The maximum Gasteiger partial charge on any atom is 0.225 e. The third-order valence-corrected chi connectivity index (χ3v) is 6.29. The summed E-state index contributed by atoms with van der Waals surface area (Å²) >= 11 is 1.71. The fourth-order valence-electron chi connectivity index (χ4n) is 3.88. The zero-order chi connectivity index (χ0) is 17.1. The molecule has 1 saturated heterocycles. The van der Waals surface area contributed by atoms with Gasteiger partial charge in [0.15, 0.2) is 0 Å². The van der Waals surface area contributed by atoms with Crippen molar-refractivity contribution in [3.05, 3.63) is 41.4 Å². The number of piperazine rings is 1. The van der Waals surface area contributed by atoms with Gasteiger partial charge >= 0.3 is 0 Å². The Balaban J connectivity index is 1.30. The third-order valence-electron chi connectivity index (χ3n) is 5.35. The Morgan fingerprint density at radius 1 is 1.08 bits per heavy atom. The predicted octanol–water partition coefficient (Wildman–Crippen LogP) is 3.64. The highest BCUT2D eigenvalue weighted by Gasteiger charge is 2.29. The Bertz CT molecular complexity index is 701. The van der Waals surface area contributed by atoms with Crippen molar-refractivity contribution in [3.63, 3.8) is 0 Å². The summed E-state index contributed by atoms with van der Waals surface area (Å²) in [7, 11) is 0. The summed E-state index contributed by atoms with van der Waals surface area (Å²) in [4.78, 5) is 21.8. The van der Waals surface area contributed by atoms with Crippen LogP contribution in [0.25, 0.3) is 10.6 Å². The van der Waals surface area contributed by atoms with E-state index in [1.165, 1.54) is 18.4 Å². The summed E-state index contributed by atoms with van der Waals surface area (Å²) in [6, 6.07) is 10.4. The zero-order valence-electron chi connectivity index (χ0n) is 14.6. The first-order valence-electron chi connectivity index (χ1n) is 9.30. The van der Waals surface area contributed by atoms with Crippen LogP contribution < -0.4 is 0 Å². The molecule has 2 fully saturated rings. The Labute approximate surface area is 153 Å². The number of nitrogens with zero attached hydrogens (tertiary/aromatic N) is 3. The van der Waals surface area contributed by atoms with Crippen molar-refractivity contribution in [2.45, 2.75) is 32.2 Å². The van der Waals surface area contributed by atoms with Crippen LogP contribution in [0, 0.1) is 5.92 Å². The molecule has 5 heteroatoms. The van der Waals surface area contributed by atoms with E-state index in [0.717, 1.165) is 56.3 Å². The van der Waals surface area contributed by atoms with E-state index < -0.39 is 0 Å². The number of amides is 1. The molecule has 25 heavy (non-hydrogen) atoms. The summed E-state index contributed by atoms with van der Waals surface area (Å²) in [5.74, 6) is 0.704. The molecule has 1 aromatic carbocycles. The van der Waals surface area contributed by atoms with Crippen molar-refractivity contribution in [1.29, 1.82) is 0 Å². The van der Waals surface area contributed by atoms with Crippen molar-refractivity contribution in [2.75, 3.05) is 26.2 Å². The maximum absolute atomic E-state index is 12.5. The monoisotopic (exact) mass is 355 g/mol. The quantitative estimate of drug-likeness (QED) is 0.840. The summed E-state index contributed by atoms with van der Waals surface area (Å²) in [5.41, 5.74) is 2.32. The van der Waals surface area contributed by atoms with Crippen LogP contribution in [0.2, 0.25) is 0 Å². The normalized spacial score (nSPS) is 19.4. The molecule has 2 aromatic rings. The van der Waals surface area contributed by atoms with Crippen molar-refractivity contribution in [3.8, 4) is 10.6 Å². The Kier molecular flexibility index (Phi) is 5.13. The third kappa shape index (κ3) is 3.93. The van der Waals surface area contributed by atoms with E-state index in [4.69, 9.17) is 4.98 Å². The highest BCUT2D eigenvalue weighted by Crippen LogP contribution is 2.27.